The zero-order valence-corrected chi connectivity index (χ0v) is 11.1. The minimum atomic E-state index is -0.730. The van der Waals surface area contributed by atoms with Crippen LogP contribution in [-0.2, 0) is 11.2 Å². The second-order valence-electron chi connectivity index (χ2n) is 6.02. The van der Waals surface area contributed by atoms with Gasteiger partial charge in [-0.05, 0) is 55.2 Å². The summed E-state index contributed by atoms with van der Waals surface area (Å²) >= 11 is 0. The van der Waals surface area contributed by atoms with Crippen molar-refractivity contribution in [2.75, 3.05) is 5.32 Å². The van der Waals surface area contributed by atoms with Crippen LogP contribution in [-0.4, -0.2) is 17.1 Å². The standard InChI is InChI=1S/C16H21NO2/c18-16(19)7-5-11-2-1-3-14(9-11)17-15-10-12-4-6-13(15)8-12/h1-3,9,12-13,15,17H,4-8,10H2,(H,18,19). The Morgan fingerprint density at radius 1 is 1.32 bits per heavy atom. The van der Waals surface area contributed by atoms with E-state index in [1.165, 1.54) is 25.7 Å². The molecule has 0 radical (unpaired) electrons. The lowest BCUT2D eigenvalue weighted by Crippen LogP contribution is -2.25. The number of benzene rings is 1. The van der Waals surface area contributed by atoms with Crippen LogP contribution >= 0.6 is 0 Å². The Morgan fingerprint density at radius 3 is 2.89 bits per heavy atom. The van der Waals surface area contributed by atoms with E-state index in [0.29, 0.717) is 12.5 Å². The maximum Gasteiger partial charge on any atom is 0.303 e. The molecule has 1 aromatic carbocycles. The zero-order valence-electron chi connectivity index (χ0n) is 11.1. The lowest BCUT2D eigenvalue weighted by Gasteiger charge is -2.24. The molecule has 3 atom stereocenters. The molecule has 1 aromatic rings. The largest absolute Gasteiger partial charge is 0.481 e. The molecule has 0 aromatic heterocycles. The van der Waals surface area contributed by atoms with Gasteiger partial charge >= 0.3 is 5.97 Å². The van der Waals surface area contributed by atoms with E-state index in [9.17, 15) is 4.79 Å². The Labute approximate surface area is 114 Å². The number of carboxylic acids is 1. The topological polar surface area (TPSA) is 49.3 Å². The number of hydrogen-bond donors (Lipinski definition) is 2. The van der Waals surface area contributed by atoms with E-state index in [0.717, 1.165) is 23.1 Å². The van der Waals surface area contributed by atoms with Crippen molar-refractivity contribution in [3.8, 4) is 0 Å². The van der Waals surface area contributed by atoms with Crippen LogP contribution in [0.1, 0.15) is 37.7 Å². The first kappa shape index (κ1) is 12.5. The highest BCUT2D eigenvalue weighted by Crippen LogP contribution is 2.45. The van der Waals surface area contributed by atoms with Gasteiger partial charge in [0.05, 0.1) is 0 Å². The molecule has 0 amide bonds. The van der Waals surface area contributed by atoms with Crippen molar-refractivity contribution in [3.05, 3.63) is 29.8 Å². The maximum absolute atomic E-state index is 10.6. The van der Waals surface area contributed by atoms with Crippen molar-refractivity contribution in [1.82, 2.24) is 0 Å². The van der Waals surface area contributed by atoms with Crippen molar-refractivity contribution in [1.29, 1.82) is 0 Å². The van der Waals surface area contributed by atoms with Crippen molar-refractivity contribution >= 4 is 11.7 Å². The summed E-state index contributed by atoms with van der Waals surface area (Å²) in [5, 5.41) is 12.4. The second-order valence-corrected chi connectivity index (χ2v) is 6.02. The van der Waals surface area contributed by atoms with E-state index in [2.05, 4.69) is 17.4 Å². The Kier molecular flexibility index (Phi) is 3.45. The first-order chi connectivity index (χ1) is 9.20. The third-order valence-electron chi connectivity index (χ3n) is 4.64. The fourth-order valence-corrected chi connectivity index (χ4v) is 3.70. The summed E-state index contributed by atoms with van der Waals surface area (Å²) in [6.07, 6.45) is 6.32. The molecule has 0 spiro atoms. The van der Waals surface area contributed by atoms with Gasteiger partial charge in [-0.3, -0.25) is 4.79 Å². The van der Waals surface area contributed by atoms with Crippen molar-refractivity contribution in [3.63, 3.8) is 0 Å². The van der Waals surface area contributed by atoms with E-state index in [1.54, 1.807) is 0 Å². The molecule has 19 heavy (non-hydrogen) atoms. The summed E-state index contributed by atoms with van der Waals surface area (Å²) < 4.78 is 0. The van der Waals surface area contributed by atoms with E-state index < -0.39 is 5.97 Å². The molecule has 3 heteroatoms. The average molecular weight is 259 g/mol. The molecule has 2 fully saturated rings. The molecule has 3 unspecified atom stereocenters. The number of carboxylic acid groups (broad SMARTS) is 1. The molecule has 2 aliphatic rings. The monoisotopic (exact) mass is 259 g/mol. The smallest absolute Gasteiger partial charge is 0.303 e. The predicted octanol–water partition coefficient (Wildman–Crippen LogP) is 3.30. The van der Waals surface area contributed by atoms with E-state index in [4.69, 9.17) is 5.11 Å². The number of carbonyl (C=O) groups is 1. The van der Waals surface area contributed by atoms with Gasteiger partial charge < -0.3 is 10.4 Å². The molecule has 2 aliphatic carbocycles. The third kappa shape index (κ3) is 2.91. The molecule has 3 nitrogen and oxygen atoms in total. The van der Waals surface area contributed by atoms with Gasteiger partial charge in [0, 0.05) is 18.2 Å². The Morgan fingerprint density at radius 2 is 2.21 bits per heavy atom. The zero-order chi connectivity index (χ0) is 13.2. The van der Waals surface area contributed by atoms with Crippen LogP contribution in [0.15, 0.2) is 24.3 Å². The van der Waals surface area contributed by atoms with Crippen LogP contribution in [0, 0.1) is 11.8 Å². The summed E-state index contributed by atoms with van der Waals surface area (Å²) in [4.78, 5) is 10.6. The number of nitrogens with one attached hydrogen (secondary N) is 1. The van der Waals surface area contributed by atoms with Crippen LogP contribution < -0.4 is 5.32 Å². The molecule has 2 saturated carbocycles. The predicted molar refractivity (Wildman–Crippen MR) is 75.3 cm³/mol. The fourth-order valence-electron chi connectivity index (χ4n) is 3.70. The SMILES string of the molecule is O=C(O)CCc1cccc(NC2CC3CCC2C3)c1. The van der Waals surface area contributed by atoms with Gasteiger partial charge in [0.25, 0.3) is 0 Å². The molecule has 102 valence electrons. The number of aliphatic carboxylic acids is 1. The summed E-state index contributed by atoms with van der Waals surface area (Å²) in [6, 6.07) is 8.86. The minimum Gasteiger partial charge on any atom is -0.481 e. The highest BCUT2D eigenvalue weighted by atomic mass is 16.4. The minimum absolute atomic E-state index is 0.206. The maximum atomic E-state index is 10.6. The molecule has 2 N–H and O–H groups in total. The summed E-state index contributed by atoms with van der Waals surface area (Å²) in [5.41, 5.74) is 2.26. The van der Waals surface area contributed by atoms with Crippen LogP contribution in [0.5, 0.6) is 0 Å². The van der Waals surface area contributed by atoms with Gasteiger partial charge in [-0.2, -0.15) is 0 Å². The molecule has 0 heterocycles. The second kappa shape index (κ2) is 5.24. The number of hydrogen-bond acceptors (Lipinski definition) is 2. The number of anilines is 1. The van der Waals surface area contributed by atoms with Crippen LogP contribution in [0.2, 0.25) is 0 Å². The number of rotatable bonds is 5. The lowest BCUT2D eigenvalue weighted by atomic mass is 9.95. The highest BCUT2D eigenvalue weighted by molar-refractivity contribution is 5.67. The summed E-state index contributed by atoms with van der Waals surface area (Å²) in [5.74, 6) is 1.07. The van der Waals surface area contributed by atoms with Gasteiger partial charge in [0.2, 0.25) is 0 Å². The quantitative estimate of drug-likeness (QED) is 0.853. The molecular weight excluding hydrogens is 238 g/mol. The Bertz CT molecular complexity index is 472. The average Bonchev–Trinajstić information content (AvgIpc) is 2.99. The van der Waals surface area contributed by atoms with Gasteiger partial charge in [-0.1, -0.05) is 18.6 Å². The number of aryl methyl sites for hydroxylation is 1. The van der Waals surface area contributed by atoms with Crippen LogP contribution in [0.3, 0.4) is 0 Å². The molecular formula is C16H21NO2. The Balaban J connectivity index is 1.61. The van der Waals surface area contributed by atoms with Gasteiger partial charge in [0.15, 0.2) is 0 Å². The first-order valence-corrected chi connectivity index (χ1v) is 7.28. The fraction of sp³-hybridized carbons (Fsp3) is 0.562. The Hall–Kier alpha value is -1.51. The summed E-state index contributed by atoms with van der Waals surface area (Å²) in [6.45, 7) is 0. The van der Waals surface area contributed by atoms with Gasteiger partial charge in [0.1, 0.15) is 0 Å². The highest BCUT2D eigenvalue weighted by Gasteiger charge is 2.39. The molecule has 0 aliphatic heterocycles. The van der Waals surface area contributed by atoms with E-state index >= 15 is 0 Å². The normalized spacial score (nSPS) is 28.5. The molecule has 0 saturated heterocycles. The van der Waals surface area contributed by atoms with Gasteiger partial charge in [-0.25, -0.2) is 0 Å². The summed E-state index contributed by atoms with van der Waals surface area (Å²) in [7, 11) is 0. The van der Waals surface area contributed by atoms with Crippen LogP contribution in [0.25, 0.3) is 0 Å². The first-order valence-electron chi connectivity index (χ1n) is 7.28. The third-order valence-corrected chi connectivity index (χ3v) is 4.64. The van der Waals surface area contributed by atoms with E-state index in [-0.39, 0.29) is 6.42 Å². The van der Waals surface area contributed by atoms with E-state index in [1.807, 2.05) is 12.1 Å². The van der Waals surface area contributed by atoms with Crippen molar-refractivity contribution in [2.45, 2.75) is 44.6 Å². The molecule has 2 bridgehead atoms. The lowest BCUT2D eigenvalue weighted by molar-refractivity contribution is -0.136. The van der Waals surface area contributed by atoms with Crippen LogP contribution in [0.4, 0.5) is 5.69 Å². The molecule has 3 rings (SSSR count). The number of fused-ring (bicyclic) bond motifs is 2. The van der Waals surface area contributed by atoms with Crippen molar-refractivity contribution in [2.24, 2.45) is 11.8 Å². The van der Waals surface area contributed by atoms with Crippen molar-refractivity contribution < 1.29 is 9.90 Å². The van der Waals surface area contributed by atoms with Gasteiger partial charge in [-0.15, -0.1) is 0 Å².